The van der Waals surface area contributed by atoms with Gasteiger partial charge in [0.05, 0.1) is 20.3 Å². The van der Waals surface area contributed by atoms with E-state index in [9.17, 15) is 5.11 Å². The molecule has 0 spiro atoms. The summed E-state index contributed by atoms with van der Waals surface area (Å²) in [6, 6.07) is 14.2. The lowest BCUT2D eigenvalue weighted by molar-refractivity contribution is 0.110. The van der Waals surface area contributed by atoms with Crippen LogP contribution in [0.4, 0.5) is 0 Å². The van der Waals surface area contributed by atoms with Crippen molar-refractivity contribution in [1.82, 2.24) is 5.32 Å². The molecular weight excluding hydrogens is 290 g/mol. The van der Waals surface area contributed by atoms with Gasteiger partial charge in [0.25, 0.3) is 0 Å². The molecule has 1 aliphatic rings. The number of aliphatic hydroxyl groups is 1. The number of fused-ring (bicyclic) bond motifs is 1. The molecule has 2 atom stereocenters. The van der Waals surface area contributed by atoms with E-state index in [1.807, 2.05) is 30.3 Å². The first-order valence-electron chi connectivity index (χ1n) is 7.92. The summed E-state index contributed by atoms with van der Waals surface area (Å²) in [4.78, 5) is 0. The maximum Gasteiger partial charge on any atom is 0.124 e. The van der Waals surface area contributed by atoms with Gasteiger partial charge < -0.3 is 19.9 Å². The first-order valence-corrected chi connectivity index (χ1v) is 7.92. The Kier molecular flexibility index (Phi) is 4.84. The molecule has 0 saturated heterocycles. The summed E-state index contributed by atoms with van der Waals surface area (Å²) in [7, 11) is 1.68. The highest BCUT2D eigenvalue weighted by Gasteiger charge is 2.29. The van der Waals surface area contributed by atoms with E-state index in [0.717, 1.165) is 23.6 Å². The fourth-order valence-electron chi connectivity index (χ4n) is 3.06. The van der Waals surface area contributed by atoms with Gasteiger partial charge in [-0.15, -0.1) is 0 Å². The van der Waals surface area contributed by atoms with E-state index in [4.69, 9.17) is 9.47 Å². The van der Waals surface area contributed by atoms with Gasteiger partial charge in [0.15, 0.2) is 0 Å². The van der Waals surface area contributed by atoms with Crippen molar-refractivity contribution in [1.29, 1.82) is 0 Å². The molecule has 4 heteroatoms. The Bertz CT molecular complexity index is 671. The molecule has 0 amide bonds. The van der Waals surface area contributed by atoms with Gasteiger partial charge in [-0.3, -0.25) is 0 Å². The average Bonchev–Trinajstić information content (AvgIpc) is 2.60. The lowest BCUT2D eigenvalue weighted by Gasteiger charge is -2.33. The highest BCUT2D eigenvalue weighted by molar-refractivity contribution is 5.39. The van der Waals surface area contributed by atoms with Gasteiger partial charge in [-0.25, -0.2) is 0 Å². The summed E-state index contributed by atoms with van der Waals surface area (Å²) in [6.45, 7) is 3.46. The van der Waals surface area contributed by atoms with Crippen LogP contribution in [-0.4, -0.2) is 25.4 Å². The van der Waals surface area contributed by atoms with Crippen LogP contribution >= 0.6 is 0 Å². The Morgan fingerprint density at radius 3 is 2.83 bits per heavy atom. The Balaban J connectivity index is 1.78. The molecule has 0 aliphatic carbocycles. The molecule has 0 unspecified atom stereocenters. The molecule has 0 fully saturated rings. The third-order valence-electron chi connectivity index (χ3n) is 4.48. The molecular formula is C19H23NO3. The van der Waals surface area contributed by atoms with Crippen LogP contribution in [0.25, 0.3) is 0 Å². The summed E-state index contributed by atoms with van der Waals surface area (Å²) < 4.78 is 11.0. The lowest BCUT2D eigenvalue weighted by Crippen LogP contribution is -2.37. The molecule has 0 radical (unpaired) electrons. The molecule has 3 rings (SSSR count). The Morgan fingerprint density at radius 1 is 1.26 bits per heavy atom. The molecule has 23 heavy (non-hydrogen) atoms. The largest absolute Gasteiger partial charge is 0.497 e. The highest BCUT2D eigenvalue weighted by Crippen LogP contribution is 2.35. The Morgan fingerprint density at radius 2 is 2.09 bits per heavy atom. The monoisotopic (exact) mass is 313 g/mol. The predicted octanol–water partition coefficient (Wildman–Crippen LogP) is 2.84. The molecule has 2 aromatic rings. The van der Waals surface area contributed by atoms with Crippen LogP contribution in [0.3, 0.4) is 0 Å². The zero-order valence-electron chi connectivity index (χ0n) is 13.6. The molecule has 1 aliphatic heterocycles. The molecule has 0 bridgehead atoms. The molecule has 2 aromatic carbocycles. The fraction of sp³-hybridized carbons (Fsp3) is 0.368. The third kappa shape index (κ3) is 3.33. The number of hydrogen-bond donors (Lipinski definition) is 2. The van der Waals surface area contributed by atoms with E-state index in [1.165, 1.54) is 11.1 Å². The summed E-state index contributed by atoms with van der Waals surface area (Å²) in [5, 5.41) is 13.3. The summed E-state index contributed by atoms with van der Waals surface area (Å²) in [5.41, 5.74) is 3.54. The van der Waals surface area contributed by atoms with Crippen LogP contribution in [0.2, 0.25) is 0 Å². The van der Waals surface area contributed by atoms with Crippen LogP contribution in [0.1, 0.15) is 22.7 Å². The first kappa shape index (κ1) is 15.8. The second kappa shape index (κ2) is 7.02. The number of benzene rings is 2. The Labute approximate surface area is 137 Å². The predicted molar refractivity (Wildman–Crippen MR) is 89.8 cm³/mol. The second-order valence-electron chi connectivity index (χ2n) is 5.94. The van der Waals surface area contributed by atoms with Crippen molar-refractivity contribution in [2.24, 2.45) is 5.92 Å². The number of aliphatic hydroxyl groups excluding tert-OH is 1. The van der Waals surface area contributed by atoms with E-state index in [0.29, 0.717) is 6.61 Å². The zero-order chi connectivity index (χ0) is 16.2. The normalized spacial score (nSPS) is 19.8. The van der Waals surface area contributed by atoms with Gasteiger partial charge in [-0.1, -0.05) is 24.3 Å². The number of aryl methyl sites for hydroxylation is 1. The summed E-state index contributed by atoms with van der Waals surface area (Å²) in [5.74, 6) is 1.83. The smallest absolute Gasteiger partial charge is 0.124 e. The van der Waals surface area contributed by atoms with Gasteiger partial charge in [0.1, 0.15) is 11.5 Å². The average molecular weight is 313 g/mol. The minimum Gasteiger partial charge on any atom is -0.497 e. The minimum atomic E-state index is 0.0588. The number of methoxy groups -OCH3 is 1. The number of para-hydroxylation sites is 1. The highest BCUT2D eigenvalue weighted by atomic mass is 16.5. The number of ether oxygens (including phenoxy) is 2. The first-order chi connectivity index (χ1) is 11.2. The molecule has 122 valence electrons. The second-order valence-corrected chi connectivity index (χ2v) is 5.94. The van der Waals surface area contributed by atoms with Crippen molar-refractivity contribution in [3.05, 3.63) is 59.2 Å². The van der Waals surface area contributed by atoms with Gasteiger partial charge in [0, 0.05) is 24.1 Å². The molecule has 4 nitrogen and oxygen atoms in total. The maximum atomic E-state index is 9.67. The third-order valence-corrected chi connectivity index (χ3v) is 4.48. The van der Waals surface area contributed by atoms with Crippen molar-refractivity contribution in [3.63, 3.8) is 0 Å². The van der Waals surface area contributed by atoms with Crippen LogP contribution in [-0.2, 0) is 6.54 Å². The molecule has 1 heterocycles. The SMILES string of the molecule is COc1ccc(CN[C@H]2c3ccccc3OC[C@H]2CO)c(C)c1. The van der Waals surface area contributed by atoms with Gasteiger partial charge in [0.2, 0.25) is 0 Å². The van der Waals surface area contributed by atoms with Crippen molar-refractivity contribution in [2.75, 3.05) is 20.3 Å². The summed E-state index contributed by atoms with van der Waals surface area (Å²) >= 11 is 0. The van der Waals surface area contributed by atoms with Crippen molar-refractivity contribution >= 4 is 0 Å². The number of hydrogen-bond acceptors (Lipinski definition) is 4. The van der Waals surface area contributed by atoms with Gasteiger partial charge >= 0.3 is 0 Å². The fourth-order valence-corrected chi connectivity index (χ4v) is 3.06. The number of nitrogens with one attached hydrogen (secondary N) is 1. The van der Waals surface area contributed by atoms with E-state index in [-0.39, 0.29) is 18.6 Å². The van der Waals surface area contributed by atoms with E-state index in [2.05, 4.69) is 24.4 Å². The molecule has 2 N–H and O–H groups in total. The lowest BCUT2D eigenvalue weighted by atomic mass is 9.91. The van der Waals surface area contributed by atoms with Crippen LogP contribution in [0.15, 0.2) is 42.5 Å². The quantitative estimate of drug-likeness (QED) is 0.891. The number of rotatable bonds is 5. The van der Waals surface area contributed by atoms with E-state index < -0.39 is 0 Å². The van der Waals surface area contributed by atoms with Gasteiger partial charge in [-0.05, 0) is 36.2 Å². The van der Waals surface area contributed by atoms with Crippen molar-refractivity contribution < 1.29 is 14.6 Å². The maximum absolute atomic E-state index is 9.67. The summed E-state index contributed by atoms with van der Waals surface area (Å²) in [6.07, 6.45) is 0. The minimum absolute atomic E-state index is 0.0588. The zero-order valence-corrected chi connectivity index (χ0v) is 13.6. The van der Waals surface area contributed by atoms with Crippen molar-refractivity contribution in [2.45, 2.75) is 19.5 Å². The Hall–Kier alpha value is -2.04. The van der Waals surface area contributed by atoms with Crippen LogP contribution in [0, 0.1) is 12.8 Å². The van der Waals surface area contributed by atoms with Crippen LogP contribution in [0.5, 0.6) is 11.5 Å². The van der Waals surface area contributed by atoms with Crippen LogP contribution < -0.4 is 14.8 Å². The van der Waals surface area contributed by atoms with Crippen molar-refractivity contribution in [3.8, 4) is 11.5 Å². The molecule has 0 aromatic heterocycles. The topological polar surface area (TPSA) is 50.7 Å². The molecule has 0 saturated carbocycles. The van der Waals surface area contributed by atoms with E-state index >= 15 is 0 Å². The van der Waals surface area contributed by atoms with E-state index in [1.54, 1.807) is 7.11 Å². The van der Waals surface area contributed by atoms with Gasteiger partial charge in [-0.2, -0.15) is 0 Å². The standard InChI is InChI=1S/C19H23NO3/c1-13-9-16(22-2)8-7-14(13)10-20-19-15(11-21)12-23-18-6-4-3-5-17(18)19/h3-9,15,19-21H,10-12H2,1-2H3/t15-,19-/m1/s1.